The molecular weight excluding hydrogens is 284 g/mol. The smallest absolute Gasteiger partial charge is 0.0623 e. The minimum Gasteiger partial charge on any atom is -0.379 e. The van der Waals surface area contributed by atoms with Gasteiger partial charge in [-0.2, -0.15) is 0 Å². The van der Waals surface area contributed by atoms with Gasteiger partial charge in [0, 0.05) is 18.6 Å². The van der Waals surface area contributed by atoms with Crippen LogP contribution in [0.2, 0.25) is 0 Å². The van der Waals surface area contributed by atoms with Gasteiger partial charge in [-0.3, -0.25) is 0 Å². The number of nitrogens with one attached hydrogen (secondary N) is 2. The van der Waals surface area contributed by atoms with Crippen LogP contribution in [-0.2, 0) is 4.74 Å². The summed E-state index contributed by atoms with van der Waals surface area (Å²) in [4.78, 5) is 0. The number of hydrogen-bond acceptors (Lipinski definition) is 3. The van der Waals surface area contributed by atoms with Crippen LogP contribution in [0.1, 0.15) is 44.9 Å². The average Bonchev–Trinajstić information content (AvgIpc) is 3.22. The van der Waals surface area contributed by atoms with Crippen molar-refractivity contribution in [3.63, 3.8) is 0 Å². The largest absolute Gasteiger partial charge is 0.379 e. The van der Waals surface area contributed by atoms with Gasteiger partial charge in [0.15, 0.2) is 0 Å². The Bertz CT molecular complexity index is 335. The molecule has 4 heteroatoms. The number of hydrogen-bond donors (Lipinski definition) is 2. The fourth-order valence-electron chi connectivity index (χ4n) is 5.51. The lowest BCUT2D eigenvalue weighted by molar-refractivity contribution is 0.0520. The van der Waals surface area contributed by atoms with Gasteiger partial charge in [0.25, 0.3) is 0 Å². The lowest BCUT2D eigenvalue weighted by Gasteiger charge is -2.34. The Hall–Kier alpha value is 0.170. The maximum absolute atomic E-state index is 5.67. The summed E-state index contributed by atoms with van der Waals surface area (Å²) >= 11 is 0. The molecule has 0 aromatic heterocycles. The van der Waals surface area contributed by atoms with E-state index >= 15 is 0 Å². The zero-order chi connectivity index (χ0) is 13.4. The highest BCUT2D eigenvalue weighted by atomic mass is 35.5. The summed E-state index contributed by atoms with van der Waals surface area (Å²) in [5.74, 6) is 3.93. The molecule has 4 aliphatic rings. The third kappa shape index (κ3) is 3.41. The van der Waals surface area contributed by atoms with Gasteiger partial charge in [-0.15, -0.1) is 12.4 Å². The van der Waals surface area contributed by atoms with Gasteiger partial charge in [-0.25, -0.2) is 0 Å². The molecule has 6 atom stereocenters. The molecule has 0 aromatic carbocycles. The van der Waals surface area contributed by atoms with E-state index in [4.69, 9.17) is 4.74 Å². The minimum atomic E-state index is 0. The summed E-state index contributed by atoms with van der Waals surface area (Å²) in [5.41, 5.74) is 0. The molecule has 4 fully saturated rings. The predicted molar refractivity (Wildman–Crippen MR) is 87.9 cm³/mol. The van der Waals surface area contributed by atoms with Crippen molar-refractivity contribution < 1.29 is 4.74 Å². The van der Waals surface area contributed by atoms with Crippen molar-refractivity contribution in [3.8, 4) is 0 Å². The van der Waals surface area contributed by atoms with E-state index in [0.717, 1.165) is 49.5 Å². The second kappa shape index (κ2) is 7.16. The molecule has 122 valence electrons. The summed E-state index contributed by atoms with van der Waals surface area (Å²) in [6, 6.07) is 1.34. The standard InChI is InChI=1S/C17H30N2O.ClH/c1-2-15(17-11-20-7-6-18-17)16(3-1)19-10-14-9-12-4-5-13(14)8-12;/h12-19H,1-11H2;1H. The van der Waals surface area contributed by atoms with Gasteiger partial charge in [-0.1, -0.05) is 12.8 Å². The van der Waals surface area contributed by atoms with Gasteiger partial charge < -0.3 is 15.4 Å². The van der Waals surface area contributed by atoms with E-state index in [0.29, 0.717) is 6.04 Å². The van der Waals surface area contributed by atoms with Gasteiger partial charge in [-0.05, 0) is 62.3 Å². The number of fused-ring (bicyclic) bond motifs is 2. The van der Waals surface area contributed by atoms with Crippen molar-refractivity contribution in [2.24, 2.45) is 23.7 Å². The van der Waals surface area contributed by atoms with Crippen molar-refractivity contribution in [1.82, 2.24) is 10.6 Å². The van der Waals surface area contributed by atoms with Crippen LogP contribution in [0.25, 0.3) is 0 Å². The van der Waals surface area contributed by atoms with E-state index in [1.807, 2.05) is 0 Å². The van der Waals surface area contributed by atoms with Crippen molar-refractivity contribution >= 4 is 12.4 Å². The van der Waals surface area contributed by atoms with Crippen LogP contribution in [0.5, 0.6) is 0 Å². The van der Waals surface area contributed by atoms with Crippen molar-refractivity contribution in [2.45, 2.75) is 57.0 Å². The summed E-state index contributed by atoms with van der Waals surface area (Å²) in [5, 5.41) is 7.64. The van der Waals surface area contributed by atoms with Crippen molar-refractivity contribution in [1.29, 1.82) is 0 Å². The van der Waals surface area contributed by atoms with E-state index in [2.05, 4.69) is 10.6 Å². The van der Waals surface area contributed by atoms with Crippen LogP contribution in [0.4, 0.5) is 0 Å². The molecule has 4 rings (SSSR count). The number of halogens is 1. The van der Waals surface area contributed by atoms with Crippen molar-refractivity contribution in [3.05, 3.63) is 0 Å². The first-order valence-electron chi connectivity index (χ1n) is 8.94. The molecule has 6 unspecified atom stereocenters. The molecule has 3 nitrogen and oxygen atoms in total. The maximum Gasteiger partial charge on any atom is 0.0623 e. The van der Waals surface area contributed by atoms with Crippen LogP contribution >= 0.6 is 12.4 Å². The first-order chi connectivity index (χ1) is 9.90. The Kier molecular flexibility index (Phi) is 5.47. The minimum absolute atomic E-state index is 0. The Morgan fingerprint density at radius 1 is 1.10 bits per heavy atom. The Morgan fingerprint density at radius 2 is 2.05 bits per heavy atom. The van der Waals surface area contributed by atoms with E-state index in [1.165, 1.54) is 45.1 Å². The van der Waals surface area contributed by atoms with Gasteiger partial charge >= 0.3 is 0 Å². The van der Waals surface area contributed by atoms with Crippen LogP contribution in [-0.4, -0.2) is 38.4 Å². The third-order valence-electron chi connectivity index (χ3n) is 6.56. The normalized spacial score (nSPS) is 45.7. The molecule has 3 saturated carbocycles. The van der Waals surface area contributed by atoms with E-state index < -0.39 is 0 Å². The maximum atomic E-state index is 5.67. The van der Waals surface area contributed by atoms with E-state index in [1.54, 1.807) is 6.42 Å². The fraction of sp³-hybridized carbons (Fsp3) is 1.00. The second-order valence-electron chi connectivity index (χ2n) is 7.68. The molecule has 0 radical (unpaired) electrons. The second-order valence-corrected chi connectivity index (χ2v) is 7.68. The summed E-state index contributed by atoms with van der Waals surface area (Å²) in [6.45, 7) is 4.15. The fourth-order valence-corrected chi connectivity index (χ4v) is 5.51. The van der Waals surface area contributed by atoms with Gasteiger partial charge in [0.2, 0.25) is 0 Å². The molecular formula is C17H31ClN2O. The first kappa shape index (κ1) is 16.0. The highest BCUT2D eigenvalue weighted by Crippen LogP contribution is 2.48. The number of morpholine rings is 1. The zero-order valence-electron chi connectivity index (χ0n) is 13.1. The Balaban J connectivity index is 0.00000132. The van der Waals surface area contributed by atoms with Gasteiger partial charge in [0.05, 0.1) is 13.2 Å². The number of rotatable bonds is 4. The monoisotopic (exact) mass is 314 g/mol. The number of ether oxygens (including phenoxy) is 1. The van der Waals surface area contributed by atoms with Crippen LogP contribution in [0, 0.1) is 23.7 Å². The molecule has 1 saturated heterocycles. The van der Waals surface area contributed by atoms with Crippen molar-refractivity contribution in [2.75, 3.05) is 26.3 Å². The summed E-state index contributed by atoms with van der Waals surface area (Å²) < 4.78 is 5.67. The quantitative estimate of drug-likeness (QED) is 0.837. The first-order valence-corrected chi connectivity index (χ1v) is 8.94. The SMILES string of the molecule is C1CC(NCC2CC3CCC2C3)C(C2COCCN2)C1.Cl. The molecule has 1 heterocycles. The molecule has 2 N–H and O–H groups in total. The molecule has 21 heavy (non-hydrogen) atoms. The molecule has 0 spiro atoms. The molecule has 3 aliphatic carbocycles. The highest BCUT2D eigenvalue weighted by molar-refractivity contribution is 5.85. The van der Waals surface area contributed by atoms with E-state index in [-0.39, 0.29) is 12.4 Å². The molecule has 0 amide bonds. The molecule has 1 aliphatic heterocycles. The molecule has 2 bridgehead atoms. The van der Waals surface area contributed by atoms with Crippen LogP contribution in [0.3, 0.4) is 0 Å². The average molecular weight is 315 g/mol. The Labute approximate surface area is 135 Å². The Morgan fingerprint density at radius 3 is 2.76 bits per heavy atom. The third-order valence-corrected chi connectivity index (χ3v) is 6.56. The highest BCUT2D eigenvalue weighted by Gasteiger charge is 2.40. The van der Waals surface area contributed by atoms with Crippen LogP contribution < -0.4 is 10.6 Å². The topological polar surface area (TPSA) is 33.3 Å². The van der Waals surface area contributed by atoms with Crippen LogP contribution in [0.15, 0.2) is 0 Å². The summed E-state index contributed by atoms with van der Waals surface area (Å²) in [7, 11) is 0. The lowest BCUT2D eigenvalue weighted by Crippen LogP contribution is -2.51. The zero-order valence-corrected chi connectivity index (χ0v) is 13.9. The van der Waals surface area contributed by atoms with E-state index in [9.17, 15) is 0 Å². The lowest BCUT2D eigenvalue weighted by atomic mass is 9.88. The molecule has 0 aromatic rings. The summed E-state index contributed by atoms with van der Waals surface area (Å²) in [6.07, 6.45) is 10.3. The predicted octanol–water partition coefficient (Wildman–Crippen LogP) is 2.59. The van der Waals surface area contributed by atoms with Gasteiger partial charge in [0.1, 0.15) is 0 Å².